The molecule has 0 saturated carbocycles. The molecule has 1 fully saturated rings. The monoisotopic (exact) mass is 447 g/mol. The van der Waals surface area contributed by atoms with Gasteiger partial charge in [0, 0.05) is 19.2 Å². The largest absolute Gasteiger partial charge is 0.493 e. The van der Waals surface area contributed by atoms with Crippen molar-refractivity contribution in [2.75, 3.05) is 40.5 Å². The van der Waals surface area contributed by atoms with E-state index in [1.165, 1.54) is 11.1 Å². The molecule has 4 rings (SSSR count). The minimum absolute atomic E-state index is 0.0552. The van der Waals surface area contributed by atoms with Crippen LogP contribution in [-0.2, 0) is 4.74 Å². The zero-order valence-corrected chi connectivity index (χ0v) is 19.5. The maximum Gasteiger partial charge on any atom is 0.164 e. The van der Waals surface area contributed by atoms with Crippen LogP contribution >= 0.6 is 0 Å². The van der Waals surface area contributed by atoms with Crippen molar-refractivity contribution >= 4 is 0 Å². The Hall–Kier alpha value is -3.02. The summed E-state index contributed by atoms with van der Waals surface area (Å²) < 4.78 is 23.3. The summed E-state index contributed by atoms with van der Waals surface area (Å²) in [5.41, 5.74) is 2.38. The first kappa shape index (κ1) is 23.1. The molecule has 3 aromatic carbocycles. The summed E-state index contributed by atoms with van der Waals surface area (Å²) >= 11 is 0. The molecular weight excluding hydrogens is 414 g/mol. The van der Waals surface area contributed by atoms with Gasteiger partial charge in [-0.1, -0.05) is 60.7 Å². The molecule has 0 aliphatic carbocycles. The Morgan fingerprint density at radius 3 is 2.15 bits per heavy atom. The lowest BCUT2D eigenvalue weighted by atomic mass is 10.0. The van der Waals surface area contributed by atoms with Gasteiger partial charge in [0.1, 0.15) is 18.5 Å². The second-order valence-corrected chi connectivity index (χ2v) is 8.27. The number of benzene rings is 3. The van der Waals surface area contributed by atoms with Crippen molar-refractivity contribution in [2.45, 2.75) is 25.0 Å². The highest BCUT2D eigenvalue weighted by Crippen LogP contribution is 2.31. The Morgan fingerprint density at radius 1 is 0.848 bits per heavy atom. The van der Waals surface area contributed by atoms with Crippen LogP contribution in [0.4, 0.5) is 0 Å². The second kappa shape index (κ2) is 11.7. The summed E-state index contributed by atoms with van der Waals surface area (Å²) in [4.78, 5) is 2.43. The number of piperidine rings is 1. The van der Waals surface area contributed by atoms with E-state index in [2.05, 4.69) is 53.4 Å². The fraction of sp³-hybridized carbons (Fsp3) is 0.357. The van der Waals surface area contributed by atoms with Gasteiger partial charge in [-0.05, 0) is 42.6 Å². The Morgan fingerprint density at radius 2 is 1.52 bits per heavy atom. The van der Waals surface area contributed by atoms with Gasteiger partial charge in [-0.2, -0.15) is 0 Å². The van der Waals surface area contributed by atoms with Crippen LogP contribution in [0.3, 0.4) is 0 Å². The van der Waals surface area contributed by atoms with Gasteiger partial charge in [0.2, 0.25) is 0 Å². The van der Waals surface area contributed by atoms with Crippen molar-refractivity contribution in [1.82, 2.24) is 4.90 Å². The summed E-state index contributed by atoms with van der Waals surface area (Å²) in [6, 6.07) is 26.6. The maximum absolute atomic E-state index is 6.70. The lowest BCUT2D eigenvalue weighted by molar-refractivity contribution is -0.0349. The predicted molar refractivity (Wildman–Crippen MR) is 130 cm³/mol. The topological polar surface area (TPSA) is 40.2 Å². The first-order chi connectivity index (χ1) is 16.3. The van der Waals surface area contributed by atoms with Crippen molar-refractivity contribution < 1.29 is 18.9 Å². The number of hydrogen-bond acceptors (Lipinski definition) is 5. The minimum Gasteiger partial charge on any atom is -0.493 e. The Bertz CT molecular complexity index is 940. The highest BCUT2D eigenvalue weighted by atomic mass is 16.5. The maximum atomic E-state index is 6.70. The molecule has 1 aliphatic rings. The summed E-state index contributed by atoms with van der Waals surface area (Å²) in [5.74, 6) is 2.16. The predicted octanol–water partition coefficient (Wildman–Crippen LogP) is 5.35. The van der Waals surface area contributed by atoms with Crippen molar-refractivity contribution in [3.63, 3.8) is 0 Å². The van der Waals surface area contributed by atoms with E-state index in [0.717, 1.165) is 38.2 Å². The van der Waals surface area contributed by atoms with E-state index in [0.29, 0.717) is 18.1 Å². The standard InChI is InChI=1S/C28H33NO4/c1-30-26-16-15-24(20-27(26)31-2)32-19-18-29-17-9-14-25(21-29)33-28(22-10-5-3-6-11-22)23-12-7-4-8-13-23/h3-8,10-13,15-16,20,25,28H,9,14,17-19,21H2,1-2H3. The molecule has 174 valence electrons. The lowest BCUT2D eigenvalue weighted by Gasteiger charge is -2.35. The van der Waals surface area contributed by atoms with Crippen LogP contribution in [0.25, 0.3) is 0 Å². The number of ether oxygens (including phenoxy) is 4. The zero-order valence-electron chi connectivity index (χ0n) is 19.5. The van der Waals surface area contributed by atoms with Crippen LogP contribution in [0.2, 0.25) is 0 Å². The Labute approximate surface area is 196 Å². The van der Waals surface area contributed by atoms with Crippen LogP contribution in [-0.4, -0.2) is 51.5 Å². The van der Waals surface area contributed by atoms with Gasteiger partial charge in [0.25, 0.3) is 0 Å². The van der Waals surface area contributed by atoms with Gasteiger partial charge in [0.05, 0.1) is 20.3 Å². The van der Waals surface area contributed by atoms with Crippen LogP contribution in [0.5, 0.6) is 17.2 Å². The second-order valence-electron chi connectivity index (χ2n) is 8.27. The van der Waals surface area contributed by atoms with E-state index < -0.39 is 0 Å². The van der Waals surface area contributed by atoms with Gasteiger partial charge < -0.3 is 18.9 Å². The first-order valence-electron chi connectivity index (χ1n) is 11.6. The summed E-state index contributed by atoms with van der Waals surface area (Å²) in [7, 11) is 3.26. The third-order valence-electron chi connectivity index (χ3n) is 6.03. The molecule has 1 aliphatic heterocycles. The third-order valence-corrected chi connectivity index (χ3v) is 6.03. The van der Waals surface area contributed by atoms with Gasteiger partial charge in [-0.3, -0.25) is 4.90 Å². The van der Waals surface area contributed by atoms with E-state index in [4.69, 9.17) is 18.9 Å². The van der Waals surface area contributed by atoms with E-state index in [1.807, 2.05) is 30.3 Å². The van der Waals surface area contributed by atoms with Gasteiger partial charge in [-0.25, -0.2) is 0 Å². The number of rotatable bonds is 10. The zero-order chi connectivity index (χ0) is 22.9. The Kier molecular flexibility index (Phi) is 8.23. The fourth-order valence-corrected chi connectivity index (χ4v) is 4.32. The number of likely N-dealkylation sites (tertiary alicyclic amines) is 1. The van der Waals surface area contributed by atoms with Gasteiger partial charge in [0.15, 0.2) is 11.5 Å². The average molecular weight is 448 g/mol. The molecule has 0 radical (unpaired) electrons. The third kappa shape index (κ3) is 6.28. The molecular formula is C28H33NO4. The van der Waals surface area contributed by atoms with Crippen LogP contribution in [0.1, 0.15) is 30.1 Å². The van der Waals surface area contributed by atoms with Crippen LogP contribution in [0.15, 0.2) is 78.9 Å². The molecule has 5 heteroatoms. The molecule has 1 saturated heterocycles. The number of methoxy groups -OCH3 is 2. The number of nitrogens with zero attached hydrogens (tertiary/aromatic N) is 1. The average Bonchev–Trinajstić information content (AvgIpc) is 2.88. The Balaban J connectivity index is 1.34. The SMILES string of the molecule is COc1ccc(OCCN2CCCC(OC(c3ccccc3)c3ccccc3)C2)cc1OC. The normalized spacial score (nSPS) is 16.5. The van der Waals surface area contributed by atoms with E-state index in [-0.39, 0.29) is 12.2 Å². The molecule has 33 heavy (non-hydrogen) atoms. The summed E-state index contributed by atoms with van der Waals surface area (Å²) in [6.07, 6.45) is 2.33. The van der Waals surface area contributed by atoms with E-state index >= 15 is 0 Å². The molecule has 1 unspecified atom stereocenters. The highest BCUT2D eigenvalue weighted by molar-refractivity contribution is 5.45. The molecule has 0 spiro atoms. The smallest absolute Gasteiger partial charge is 0.164 e. The molecule has 0 bridgehead atoms. The lowest BCUT2D eigenvalue weighted by Crippen LogP contribution is -2.42. The van der Waals surface area contributed by atoms with E-state index in [9.17, 15) is 0 Å². The molecule has 1 heterocycles. The van der Waals surface area contributed by atoms with Crippen molar-refractivity contribution in [1.29, 1.82) is 0 Å². The van der Waals surface area contributed by atoms with Gasteiger partial charge >= 0.3 is 0 Å². The van der Waals surface area contributed by atoms with Crippen molar-refractivity contribution in [2.24, 2.45) is 0 Å². The molecule has 0 aromatic heterocycles. The molecule has 3 aromatic rings. The first-order valence-corrected chi connectivity index (χ1v) is 11.6. The molecule has 5 nitrogen and oxygen atoms in total. The molecule has 0 N–H and O–H groups in total. The summed E-state index contributed by atoms with van der Waals surface area (Å²) in [5, 5.41) is 0. The quantitative estimate of drug-likeness (QED) is 0.419. The van der Waals surface area contributed by atoms with Gasteiger partial charge in [-0.15, -0.1) is 0 Å². The van der Waals surface area contributed by atoms with Crippen molar-refractivity contribution in [3.8, 4) is 17.2 Å². The van der Waals surface area contributed by atoms with Crippen LogP contribution in [0, 0.1) is 0 Å². The summed E-state index contributed by atoms with van der Waals surface area (Å²) in [6.45, 7) is 3.44. The molecule has 0 amide bonds. The fourth-order valence-electron chi connectivity index (χ4n) is 4.32. The van der Waals surface area contributed by atoms with Crippen molar-refractivity contribution in [3.05, 3.63) is 90.0 Å². The minimum atomic E-state index is -0.0552. The van der Waals surface area contributed by atoms with E-state index in [1.54, 1.807) is 14.2 Å². The molecule has 1 atom stereocenters. The van der Waals surface area contributed by atoms with Crippen LogP contribution < -0.4 is 14.2 Å². The highest BCUT2D eigenvalue weighted by Gasteiger charge is 2.25. The number of hydrogen-bond donors (Lipinski definition) is 0.